The molecule has 1 aliphatic heterocycles. The number of ether oxygens (including phenoxy) is 1. The maximum Gasteiger partial charge on any atom is 0.118 e. The number of aliphatic hydroxyl groups excluding tert-OH is 1. The number of hydrogen-bond donors (Lipinski definition) is 2. The van der Waals surface area contributed by atoms with Crippen LogP contribution in [0.25, 0.3) is 0 Å². The SMILES string of the molecule is COc1ccc([C@H](C)NC2CCN([C@H]3CCCC[C@@H]3O)CC2)cc1. The third-order valence-electron chi connectivity index (χ3n) is 5.79. The van der Waals surface area contributed by atoms with Gasteiger partial charge in [0.15, 0.2) is 0 Å². The minimum atomic E-state index is -0.110. The van der Waals surface area contributed by atoms with Crippen molar-refractivity contribution in [3.05, 3.63) is 29.8 Å². The van der Waals surface area contributed by atoms with Gasteiger partial charge >= 0.3 is 0 Å². The summed E-state index contributed by atoms with van der Waals surface area (Å²) in [6.45, 7) is 4.45. The van der Waals surface area contributed by atoms with Gasteiger partial charge in [0.2, 0.25) is 0 Å². The number of hydrogen-bond acceptors (Lipinski definition) is 4. The van der Waals surface area contributed by atoms with Gasteiger partial charge in [-0.05, 0) is 50.3 Å². The average Bonchev–Trinajstić information content (AvgIpc) is 2.63. The second-order valence-electron chi connectivity index (χ2n) is 7.39. The van der Waals surface area contributed by atoms with Gasteiger partial charge in [0, 0.05) is 31.2 Å². The van der Waals surface area contributed by atoms with E-state index in [-0.39, 0.29) is 6.10 Å². The minimum Gasteiger partial charge on any atom is -0.497 e. The van der Waals surface area contributed by atoms with Crippen LogP contribution in [0.4, 0.5) is 0 Å². The van der Waals surface area contributed by atoms with Crippen LogP contribution >= 0.6 is 0 Å². The van der Waals surface area contributed by atoms with Crippen LogP contribution in [0, 0.1) is 0 Å². The molecule has 24 heavy (non-hydrogen) atoms. The third kappa shape index (κ3) is 4.29. The summed E-state index contributed by atoms with van der Waals surface area (Å²) < 4.78 is 5.23. The zero-order valence-corrected chi connectivity index (χ0v) is 15.1. The van der Waals surface area contributed by atoms with Crippen LogP contribution in [0.2, 0.25) is 0 Å². The summed E-state index contributed by atoms with van der Waals surface area (Å²) >= 11 is 0. The van der Waals surface area contributed by atoms with Crippen molar-refractivity contribution in [2.24, 2.45) is 0 Å². The lowest BCUT2D eigenvalue weighted by Crippen LogP contribution is -2.51. The molecule has 134 valence electrons. The van der Waals surface area contributed by atoms with Crippen molar-refractivity contribution in [2.75, 3.05) is 20.2 Å². The molecule has 0 spiro atoms. The number of rotatable bonds is 5. The Morgan fingerprint density at radius 2 is 1.75 bits per heavy atom. The molecule has 0 bridgehead atoms. The van der Waals surface area contributed by atoms with Crippen LogP contribution in [0.5, 0.6) is 5.75 Å². The lowest BCUT2D eigenvalue weighted by atomic mass is 9.89. The van der Waals surface area contributed by atoms with E-state index >= 15 is 0 Å². The highest BCUT2D eigenvalue weighted by molar-refractivity contribution is 5.28. The molecule has 1 aromatic carbocycles. The zero-order valence-electron chi connectivity index (χ0n) is 15.1. The van der Waals surface area contributed by atoms with Crippen LogP contribution in [-0.4, -0.2) is 48.4 Å². The molecule has 1 aromatic rings. The molecule has 3 atom stereocenters. The summed E-state index contributed by atoms with van der Waals surface area (Å²) in [5, 5.41) is 14.0. The van der Waals surface area contributed by atoms with Gasteiger partial charge in [-0.15, -0.1) is 0 Å². The molecule has 0 unspecified atom stereocenters. The van der Waals surface area contributed by atoms with Crippen molar-refractivity contribution in [1.82, 2.24) is 10.2 Å². The molecule has 3 rings (SSSR count). The largest absolute Gasteiger partial charge is 0.497 e. The lowest BCUT2D eigenvalue weighted by molar-refractivity contribution is 0.00671. The molecule has 0 radical (unpaired) electrons. The molecule has 0 amide bonds. The van der Waals surface area contributed by atoms with E-state index < -0.39 is 0 Å². The van der Waals surface area contributed by atoms with E-state index in [0.29, 0.717) is 18.1 Å². The fraction of sp³-hybridized carbons (Fsp3) is 0.700. The zero-order chi connectivity index (χ0) is 16.9. The van der Waals surface area contributed by atoms with E-state index in [1.807, 2.05) is 12.1 Å². The summed E-state index contributed by atoms with van der Waals surface area (Å²) in [5.74, 6) is 0.908. The molecular weight excluding hydrogens is 300 g/mol. The molecule has 1 saturated carbocycles. The molecule has 2 fully saturated rings. The maximum atomic E-state index is 10.3. The number of likely N-dealkylation sites (tertiary alicyclic amines) is 1. The monoisotopic (exact) mass is 332 g/mol. The first-order chi connectivity index (χ1) is 11.7. The second-order valence-corrected chi connectivity index (χ2v) is 7.39. The third-order valence-corrected chi connectivity index (χ3v) is 5.79. The number of nitrogens with one attached hydrogen (secondary N) is 1. The van der Waals surface area contributed by atoms with Gasteiger partial charge in [-0.1, -0.05) is 25.0 Å². The van der Waals surface area contributed by atoms with Crippen molar-refractivity contribution in [2.45, 2.75) is 69.7 Å². The van der Waals surface area contributed by atoms with E-state index in [4.69, 9.17) is 4.74 Å². The Morgan fingerprint density at radius 3 is 2.38 bits per heavy atom. The first-order valence-corrected chi connectivity index (χ1v) is 9.49. The van der Waals surface area contributed by atoms with E-state index in [2.05, 4.69) is 29.3 Å². The van der Waals surface area contributed by atoms with Crippen molar-refractivity contribution in [3.8, 4) is 5.75 Å². The predicted octanol–water partition coefficient (Wildman–Crippen LogP) is 3.11. The van der Waals surface area contributed by atoms with E-state index in [9.17, 15) is 5.11 Å². The number of piperidine rings is 1. The van der Waals surface area contributed by atoms with E-state index in [1.54, 1.807) is 7.11 Å². The lowest BCUT2D eigenvalue weighted by Gasteiger charge is -2.42. The van der Waals surface area contributed by atoms with Crippen LogP contribution in [-0.2, 0) is 0 Å². The topological polar surface area (TPSA) is 44.7 Å². The average molecular weight is 332 g/mol. The fourth-order valence-electron chi connectivity index (χ4n) is 4.26. The number of nitrogens with zero attached hydrogens (tertiary/aromatic N) is 1. The number of benzene rings is 1. The highest BCUT2D eigenvalue weighted by atomic mass is 16.5. The quantitative estimate of drug-likeness (QED) is 0.870. The van der Waals surface area contributed by atoms with Gasteiger partial charge in [-0.3, -0.25) is 4.90 Å². The second kappa shape index (κ2) is 8.32. The Morgan fingerprint density at radius 1 is 1.08 bits per heavy atom. The Bertz CT molecular complexity index is 497. The molecule has 1 heterocycles. The highest BCUT2D eigenvalue weighted by Gasteiger charge is 2.31. The van der Waals surface area contributed by atoms with Crippen LogP contribution < -0.4 is 10.1 Å². The molecule has 2 aliphatic rings. The van der Waals surface area contributed by atoms with Gasteiger partial charge in [0.05, 0.1) is 13.2 Å². The number of methoxy groups -OCH3 is 1. The Labute approximate surface area is 146 Å². The normalized spacial score (nSPS) is 27.8. The van der Waals surface area contributed by atoms with Crippen LogP contribution in [0.3, 0.4) is 0 Å². The molecule has 1 aliphatic carbocycles. The standard InChI is InChI=1S/C20H32N2O2/c1-15(16-7-9-18(24-2)10-8-16)21-17-11-13-22(14-12-17)19-5-3-4-6-20(19)23/h7-10,15,17,19-21,23H,3-6,11-14H2,1-2H3/t15-,19-,20-/m0/s1. The fourth-order valence-corrected chi connectivity index (χ4v) is 4.26. The maximum absolute atomic E-state index is 10.3. The van der Waals surface area contributed by atoms with Crippen LogP contribution in [0.15, 0.2) is 24.3 Å². The summed E-state index contributed by atoms with van der Waals surface area (Å²) in [5.41, 5.74) is 1.31. The van der Waals surface area contributed by atoms with Crippen molar-refractivity contribution in [1.29, 1.82) is 0 Å². The Balaban J connectivity index is 1.47. The van der Waals surface area contributed by atoms with E-state index in [0.717, 1.165) is 25.3 Å². The molecule has 0 aromatic heterocycles. The van der Waals surface area contributed by atoms with Gasteiger partial charge < -0.3 is 15.2 Å². The summed E-state index contributed by atoms with van der Waals surface area (Å²) in [6.07, 6.45) is 6.84. The summed E-state index contributed by atoms with van der Waals surface area (Å²) in [4.78, 5) is 2.53. The van der Waals surface area contributed by atoms with Crippen molar-refractivity contribution < 1.29 is 9.84 Å². The molecular formula is C20H32N2O2. The van der Waals surface area contributed by atoms with E-state index in [1.165, 1.54) is 37.7 Å². The molecule has 1 saturated heterocycles. The molecule has 2 N–H and O–H groups in total. The van der Waals surface area contributed by atoms with Gasteiger partial charge in [0.25, 0.3) is 0 Å². The highest BCUT2D eigenvalue weighted by Crippen LogP contribution is 2.26. The Hall–Kier alpha value is -1.10. The first-order valence-electron chi connectivity index (χ1n) is 9.49. The molecule has 4 nitrogen and oxygen atoms in total. The molecule has 4 heteroatoms. The van der Waals surface area contributed by atoms with Gasteiger partial charge in [-0.2, -0.15) is 0 Å². The predicted molar refractivity (Wildman–Crippen MR) is 97.4 cm³/mol. The van der Waals surface area contributed by atoms with Gasteiger partial charge in [-0.25, -0.2) is 0 Å². The van der Waals surface area contributed by atoms with Crippen LogP contribution in [0.1, 0.15) is 57.1 Å². The first kappa shape index (κ1) is 17.7. The minimum absolute atomic E-state index is 0.110. The smallest absolute Gasteiger partial charge is 0.118 e. The van der Waals surface area contributed by atoms with Crippen molar-refractivity contribution >= 4 is 0 Å². The van der Waals surface area contributed by atoms with Gasteiger partial charge in [0.1, 0.15) is 5.75 Å². The Kier molecular flexibility index (Phi) is 6.14. The summed E-state index contributed by atoms with van der Waals surface area (Å²) in [6, 6.07) is 9.67. The van der Waals surface area contributed by atoms with Crippen molar-refractivity contribution in [3.63, 3.8) is 0 Å². The summed E-state index contributed by atoms with van der Waals surface area (Å²) in [7, 11) is 1.70. The number of aliphatic hydroxyl groups is 1.